The van der Waals surface area contributed by atoms with Crippen LogP contribution in [0.4, 0.5) is 9.59 Å². The molecule has 0 fully saturated rings. The maximum Gasteiger partial charge on any atom is 0.410 e. The smallest absolute Gasteiger partial charge is 0.410 e. The normalized spacial score (nSPS) is 12.4. The van der Waals surface area contributed by atoms with E-state index in [4.69, 9.17) is 9.47 Å². The van der Waals surface area contributed by atoms with Crippen LogP contribution in [0.15, 0.2) is 60.7 Å². The molecule has 0 saturated heterocycles. The summed E-state index contributed by atoms with van der Waals surface area (Å²) in [6, 6.07) is 16.1. The van der Waals surface area contributed by atoms with Gasteiger partial charge in [-0.05, 0) is 11.1 Å². The Morgan fingerprint density at radius 1 is 0.867 bits per heavy atom. The van der Waals surface area contributed by atoms with E-state index in [2.05, 4.69) is 0 Å². The zero-order valence-electron chi connectivity index (χ0n) is 17.0. The predicted octanol–water partition coefficient (Wildman–Crippen LogP) is 2.45. The van der Waals surface area contributed by atoms with Crippen molar-refractivity contribution in [2.24, 2.45) is 0 Å². The summed E-state index contributed by atoms with van der Waals surface area (Å²) in [6.07, 6.45) is -0.984. The van der Waals surface area contributed by atoms with Crippen LogP contribution in [0.25, 0.3) is 0 Å². The van der Waals surface area contributed by atoms with E-state index in [1.807, 2.05) is 48.5 Å². The summed E-state index contributed by atoms with van der Waals surface area (Å²) in [4.78, 5) is 38.6. The second-order valence-corrected chi connectivity index (χ2v) is 6.68. The second-order valence-electron chi connectivity index (χ2n) is 6.68. The maximum absolute atomic E-state index is 12.4. The highest BCUT2D eigenvalue weighted by atomic mass is 16.6. The zero-order valence-corrected chi connectivity index (χ0v) is 17.0. The number of aliphatic hydroxyl groups excluding tert-OH is 1. The highest BCUT2D eigenvalue weighted by Gasteiger charge is 2.34. The average molecular weight is 414 g/mol. The van der Waals surface area contributed by atoms with Crippen molar-refractivity contribution < 1.29 is 29.0 Å². The van der Waals surface area contributed by atoms with Crippen LogP contribution in [-0.2, 0) is 27.5 Å². The maximum atomic E-state index is 12.4. The first kappa shape index (κ1) is 22.9. The summed E-state index contributed by atoms with van der Waals surface area (Å²) in [7, 11) is 2.77. The first-order valence-corrected chi connectivity index (χ1v) is 9.41. The highest BCUT2D eigenvalue weighted by Crippen LogP contribution is 2.12. The zero-order chi connectivity index (χ0) is 21.9. The van der Waals surface area contributed by atoms with Crippen molar-refractivity contribution in [3.05, 3.63) is 71.8 Å². The summed E-state index contributed by atoms with van der Waals surface area (Å²) in [5.41, 5.74) is 1.59. The van der Waals surface area contributed by atoms with Gasteiger partial charge in [-0.1, -0.05) is 60.7 Å². The molecule has 0 saturated carbocycles. The van der Waals surface area contributed by atoms with Gasteiger partial charge in [-0.15, -0.1) is 0 Å². The summed E-state index contributed by atoms with van der Waals surface area (Å²) in [5.74, 6) is 0. The number of carbonyl (C=O) groups is 3. The predicted molar refractivity (Wildman–Crippen MR) is 110 cm³/mol. The van der Waals surface area contributed by atoms with Crippen molar-refractivity contribution in [1.82, 2.24) is 9.80 Å². The second kappa shape index (κ2) is 11.6. The third-order valence-corrected chi connectivity index (χ3v) is 4.65. The van der Waals surface area contributed by atoms with Crippen molar-refractivity contribution in [3.8, 4) is 0 Å². The number of nitrogens with zero attached hydrogens (tertiary/aromatic N) is 2. The molecular weight excluding hydrogens is 388 g/mol. The molecule has 2 aromatic carbocycles. The monoisotopic (exact) mass is 414 g/mol. The molecule has 2 aromatic rings. The number of amides is 2. The third kappa shape index (κ3) is 6.31. The van der Waals surface area contributed by atoms with E-state index in [9.17, 15) is 19.5 Å². The van der Waals surface area contributed by atoms with Crippen molar-refractivity contribution in [1.29, 1.82) is 0 Å². The van der Waals surface area contributed by atoms with Gasteiger partial charge < -0.3 is 24.3 Å². The largest absolute Gasteiger partial charge is 0.445 e. The number of aliphatic hydroxyl groups is 1. The first-order valence-electron chi connectivity index (χ1n) is 9.41. The Kier molecular flexibility index (Phi) is 8.83. The Bertz CT molecular complexity index is 815. The van der Waals surface area contributed by atoms with E-state index >= 15 is 0 Å². The minimum absolute atomic E-state index is 0.0361. The molecule has 2 rings (SSSR count). The van der Waals surface area contributed by atoms with Gasteiger partial charge in [0.25, 0.3) is 0 Å². The lowest BCUT2D eigenvalue weighted by Crippen LogP contribution is -2.55. The molecule has 0 aromatic heterocycles. The number of hydrogen-bond acceptors (Lipinski definition) is 6. The lowest BCUT2D eigenvalue weighted by atomic mass is 10.1. The molecule has 2 atom stereocenters. The van der Waals surface area contributed by atoms with Gasteiger partial charge in [0, 0.05) is 14.1 Å². The Morgan fingerprint density at radius 3 is 1.70 bits per heavy atom. The highest BCUT2D eigenvalue weighted by molar-refractivity contribution is 5.75. The molecular formula is C22H26N2O6. The number of likely N-dealkylation sites (N-methyl/N-ethyl adjacent to an activating group) is 2. The van der Waals surface area contributed by atoms with Crippen LogP contribution < -0.4 is 0 Å². The number of hydrogen-bond donors (Lipinski definition) is 1. The molecule has 1 N–H and O–H groups in total. The minimum Gasteiger partial charge on any atom is -0.445 e. The van der Waals surface area contributed by atoms with Gasteiger partial charge in [-0.2, -0.15) is 0 Å². The van der Waals surface area contributed by atoms with Crippen molar-refractivity contribution in [2.45, 2.75) is 25.3 Å². The standard InChI is InChI=1S/C22H26N2O6/c1-23(21(27)29-15-17-9-5-3-6-10-17)19(13-25)20(14-26)24(2)22(28)30-16-18-11-7-4-8-12-18/h3-13,19-20,26H,14-16H2,1-2H3. The van der Waals surface area contributed by atoms with E-state index in [1.54, 1.807) is 12.1 Å². The van der Waals surface area contributed by atoms with E-state index in [1.165, 1.54) is 14.1 Å². The number of aldehydes is 1. The molecule has 0 radical (unpaired) electrons. The summed E-state index contributed by atoms with van der Waals surface area (Å²) in [6.45, 7) is -0.464. The molecule has 0 bridgehead atoms. The van der Waals surface area contributed by atoms with Gasteiger partial charge in [-0.25, -0.2) is 9.59 Å². The topological polar surface area (TPSA) is 96.4 Å². The minimum atomic E-state index is -1.12. The Balaban J connectivity index is 1.97. The van der Waals surface area contributed by atoms with Gasteiger partial charge in [0.1, 0.15) is 25.5 Å². The van der Waals surface area contributed by atoms with Crippen LogP contribution in [0.1, 0.15) is 11.1 Å². The van der Waals surface area contributed by atoms with Crippen LogP contribution in [0.5, 0.6) is 0 Å². The molecule has 0 heterocycles. The lowest BCUT2D eigenvalue weighted by molar-refractivity contribution is -0.114. The van der Waals surface area contributed by atoms with Crippen molar-refractivity contribution in [3.63, 3.8) is 0 Å². The van der Waals surface area contributed by atoms with Crippen LogP contribution in [-0.4, -0.2) is 66.2 Å². The average Bonchev–Trinajstić information content (AvgIpc) is 2.79. The van der Waals surface area contributed by atoms with Crippen LogP contribution in [0.2, 0.25) is 0 Å². The van der Waals surface area contributed by atoms with Gasteiger partial charge in [0.05, 0.1) is 12.6 Å². The molecule has 0 aliphatic carbocycles. The summed E-state index contributed by atoms with van der Waals surface area (Å²) in [5, 5.41) is 9.78. The molecule has 0 aliphatic heterocycles. The molecule has 160 valence electrons. The molecule has 2 amide bonds. The number of ether oxygens (including phenoxy) is 2. The molecule has 2 unspecified atom stereocenters. The Morgan fingerprint density at radius 2 is 1.30 bits per heavy atom. The molecule has 30 heavy (non-hydrogen) atoms. The van der Waals surface area contributed by atoms with Crippen molar-refractivity contribution >= 4 is 18.5 Å². The number of carbonyl (C=O) groups excluding carboxylic acids is 3. The van der Waals surface area contributed by atoms with Gasteiger partial charge in [0.2, 0.25) is 0 Å². The van der Waals surface area contributed by atoms with E-state index < -0.39 is 30.9 Å². The van der Waals surface area contributed by atoms with Gasteiger partial charge in [0.15, 0.2) is 0 Å². The molecule has 0 aliphatic rings. The summed E-state index contributed by atoms with van der Waals surface area (Å²) >= 11 is 0. The summed E-state index contributed by atoms with van der Waals surface area (Å²) < 4.78 is 10.5. The third-order valence-electron chi connectivity index (χ3n) is 4.65. The van der Waals surface area contributed by atoms with Crippen molar-refractivity contribution in [2.75, 3.05) is 20.7 Å². The van der Waals surface area contributed by atoms with Gasteiger partial charge in [-0.3, -0.25) is 4.90 Å². The Hall–Kier alpha value is -3.39. The van der Waals surface area contributed by atoms with Gasteiger partial charge >= 0.3 is 12.2 Å². The molecule has 0 spiro atoms. The quantitative estimate of drug-likeness (QED) is 0.633. The van der Waals surface area contributed by atoms with E-state index in [-0.39, 0.29) is 13.2 Å². The lowest BCUT2D eigenvalue weighted by Gasteiger charge is -2.34. The number of benzene rings is 2. The Labute approximate surface area is 175 Å². The number of rotatable bonds is 9. The van der Waals surface area contributed by atoms with Crippen LogP contribution >= 0.6 is 0 Å². The fourth-order valence-electron chi connectivity index (χ4n) is 2.80. The van der Waals surface area contributed by atoms with Crippen LogP contribution in [0.3, 0.4) is 0 Å². The molecule has 8 nitrogen and oxygen atoms in total. The first-order chi connectivity index (χ1) is 14.5. The van der Waals surface area contributed by atoms with E-state index in [0.29, 0.717) is 6.29 Å². The fraction of sp³-hybridized carbons (Fsp3) is 0.318. The van der Waals surface area contributed by atoms with E-state index in [0.717, 1.165) is 20.9 Å². The fourth-order valence-corrected chi connectivity index (χ4v) is 2.80. The molecule has 8 heteroatoms. The SMILES string of the molecule is CN(C(=O)OCc1ccccc1)C(C=O)C(CO)N(C)C(=O)OCc1ccccc1. The van der Waals surface area contributed by atoms with Crippen LogP contribution in [0, 0.1) is 0 Å².